The molecule has 1 aliphatic rings. The maximum Gasteiger partial charge on any atom is 0.243 e. The van der Waals surface area contributed by atoms with Crippen molar-refractivity contribution in [2.45, 2.75) is 31.6 Å². The molecular formula is C15H24ClFN2O2S. The molecule has 2 rings (SSSR count). The van der Waals surface area contributed by atoms with Crippen LogP contribution in [-0.4, -0.2) is 38.9 Å². The molecule has 0 bridgehead atoms. The Hall–Kier alpha value is -0.690. The molecule has 0 aromatic heterocycles. The van der Waals surface area contributed by atoms with Gasteiger partial charge in [-0.2, -0.15) is 4.31 Å². The average molecular weight is 351 g/mol. The van der Waals surface area contributed by atoms with E-state index in [1.165, 1.54) is 16.4 Å². The van der Waals surface area contributed by atoms with Crippen molar-refractivity contribution in [3.63, 3.8) is 0 Å². The smallest absolute Gasteiger partial charge is 0.243 e. The summed E-state index contributed by atoms with van der Waals surface area (Å²) in [4.78, 5) is 0.0904. The summed E-state index contributed by atoms with van der Waals surface area (Å²) in [5.74, 6) is 0.00575. The lowest BCUT2D eigenvalue weighted by Gasteiger charge is -2.31. The van der Waals surface area contributed by atoms with Gasteiger partial charge in [-0.1, -0.05) is 13.0 Å². The molecule has 0 radical (unpaired) electrons. The first-order valence-corrected chi connectivity index (χ1v) is 8.86. The number of halogens is 2. The van der Waals surface area contributed by atoms with E-state index in [-0.39, 0.29) is 17.3 Å². The van der Waals surface area contributed by atoms with Crippen molar-refractivity contribution in [1.82, 2.24) is 9.62 Å². The van der Waals surface area contributed by atoms with Crippen molar-refractivity contribution in [1.29, 1.82) is 0 Å². The molecule has 0 atom stereocenters. The number of hydrogen-bond donors (Lipinski definition) is 1. The van der Waals surface area contributed by atoms with Gasteiger partial charge in [-0.25, -0.2) is 12.8 Å². The fourth-order valence-electron chi connectivity index (χ4n) is 2.69. The fourth-order valence-corrected chi connectivity index (χ4v) is 4.40. The van der Waals surface area contributed by atoms with Crippen LogP contribution in [0.25, 0.3) is 0 Å². The molecule has 1 fully saturated rings. The highest BCUT2D eigenvalue weighted by Gasteiger charge is 2.30. The Labute approximate surface area is 138 Å². The Bertz CT molecular complexity index is 587. The van der Waals surface area contributed by atoms with Gasteiger partial charge in [-0.15, -0.1) is 12.4 Å². The van der Waals surface area contributed by atoms with Crippen molar-refractivity contribution >= 4 is 22.4 Å². The molecule has 0 saturated carbocycles. The number of aryl methyl sites for hydroxylation is 1. The minimum Gasteiger partial charge on any atom is -0.317 e. The Morgan fingerprint density at radius 1 is 1.32 bits per heavy atom. The number of piperidine rings is 1. The maximum atomic E-state index is 13.4. The first-order chi connectivity index (χ1) is 9.95. The van der Waals surface area contributed by atoms with Crippen LogP contribution in [0.3, 0.4) is 0 Å². The molecule has 1 aromatic rings. The van der Waals surface area contributed by atoms with Crippen molar-refractivity contribution in [2.24, 2.45) is 5.92 Å². The number of nitrogens with zero attached hydrogens (tertiary/aromatic N) is 1. The van der Waals surface area contributed by atoms with Crippen molar-refractivity contribution in [2.75, 3.05) is 26.2 Å². The molecule has 0 aliphatic carbocycles. The minimum atomic E-state index is -3.59. The standard InChI is InChI=1S/C15H23FN2O2S.ClH/c1-3-17-11-13-6-8-18(9-7-13)21(19,20)15-10-14(16)5-4-12(15)2;/h4-5,10,13,17H,3,6-9,11H2,1-2H3;1H. The van der Waals surface area contributed by atoms with Crippen LogP contribution in [-0.2, 0) is 10.0 Å². The summed E-state index contributed by atoms with van der Waals surface area (Å²) in [6.45, 7) is 6.64. The van der Waals surface area contributed by atoms with Crippen LogP contribution >= 0.6 is 12.4 Å². The summed E-state index contributed by atoms with van der Waals surface area (Å²) in [6.07, 6.45) is 1.70. The second kappa shape index (κ2) is 8.24. The van der Waals surface area contributed by atoms with Gasteiger partial charge in [0.25, 0.3) is 0 Å². The largest absolute Gasteiger partial charge is 0.317 e. The zero-order valence-corrected chi connectivity index (χ0v) is 14.6. The highest BCUT2D eigenvalue weighted by molar-refractivity contribution is 7.89. The van der Waals surface area contributed by atoms with E-state index in [1.807, 2.05) is 0 Å². The Morgan fingerprint density at radius 2 is 1.95 bits per heavy atom. The number of sulfonamides is 1. The molecule has 0 spiro atoms. The third-order valence-electron chi connectivity index (χ3n) is 4.02. The lowest BCUT2D eigenvalue weighted by Crippen LogP contribution is -2.40. The summed E-state index contributed by atoms with van der Waals surface area (Å²) in [6, 6.07) is 3.92. The zero-order valence-electron chi connectivity index (χ0n) is 13.0. The highest BCUT2D eigenvalue weighted by Crippen LogP contribution is 2.25. The monoisotopic (exact) mass is 350 g/mol. The van der Waals surface area contributed by atoms with Gasteiger partial charge in [0.05, 0.1) is 4.90 Å². The van der Waals surface area contributed by atoms with Gasteiger partial charge in [0.2, 0.25) is 10.0 Å². The van der Waals surface area contributed by atoms with Gasteiger partial charge < -0.3 is 5.32 Å². The van der Waals surface area contributed by atoms with E-state index in [0.29, 0.717) is 24.6 Å². The molecule has 0 amide bonds. The maximum absolute atomic E-state index is 13.4. The lowest BCUT2D eigenvalue weighted by atomic mass is 9.98. The highest BCUT2D eigenvalue weighted by atomic mass is 35.5. The molecule has 4 nitrogen and oxygen atoms in total. The van der Waals surface area contributed by atoms with E-state index in [4.69, 9.17) is 0 Å². The van der Waals surface area contributed by atoms with Crippen LogP contribution < -0.4 is 5.32 Å². The van der Waals surface area contributed by atoms with E-state index in [1.54, 1.807) is 6.92 Å². The van der Waals surface area contributed by atoms with Gasteiger partial charge in [-0.3, -0.25) is 0 Å². The minimum absolute atomic E-state index is 0. The summed E-state index contributed by atoms with van der Waals surface area (Å²) < 4.78 is 40.1. The van der Waals surface area contributed by atoms with E-state index >= 15 is 0 Å². The second-order valence-electron chi connectivity index (χ2n) is 5.56. The summed E-state index contributed by atoms with van der Waals surface area (Å²) >= 11 is 0. The van der Waals surface area contributed by atoms with Crippen LogP contribution in [0, 0.1) is 18.7 Å². The average Bonchev–Trinajstić information content (AvgIpc) is 2.48. The molecule has 22 heavy (non-hydrogen) atoms. The van der Waals surface area contributed by atoms with Gasteiger partial charge in [0.15, 0.2) is 0 Å². The molecule has 1 aromatic carbocycles. The molecule has 1 aliphatic heterocycles. The topological polar surface area (TPSA) is 49.4 Å². The fraction of sp³-hybridized carbons (Fsp3) is 0.600. The van der Waals surface area contributed by atoms with Crippen LogP contribution in [0.4, 0.5) is 4.39 Å². The lowest BCUT2D eigenvalue weighted by molar-refractivity contribution is 0.268. The molecule has 1 N–H and O–H groups in total. The Morgan fingerprint density at radius 3 is 2.55 bits per heavy atom. The predicted molar refractivity (Wildman–Crippen MR) is 88.4 cm³/mol. The van der Waals surface area contributed by atoms with E-state index < -0.39 is 15.8 Å². The van der Waals surface area contributed by atoms with Crippen LogP contribution in [0.5, 0.6) is 0 Å². The SMILES string of the molecule is CCNCC1CCN(S(=O)(=O)c2cc(F)ccc2C)CC1.Cl. The number of hydrogen-bond acceptors (Lipinski definition) is 3. The number of rotatable bonds is 5. The van der Waals surface area contributed by atoms with Crippen molar-refractivity contribution in [3.05, 3.63) is 29.6 Å². The van der Waals surface area contributed by atoms with Crippen LogP contribution in [0.1, 0.15) is 25.3 Å². The Kier molecular flexibility index (Phi) is 7.25. The predicted octanol–water partition coefficient (Wildman–Crippen LogP) is 2.57. The van der Waals surface area contributed by atoms with Gasteiger partial charge >= 0.3 is 0 Å². The van der Waals surface area contributed by atoms with Gasteiger partial charge in [0.1, 0.15) is 5.82 Å². The quantitative estimate of drug-likeness (QED) is 0.888. The summed E-state index contributed by atoms with van der Waals surface area (Å²) in [7, 11) is -3.59. The van der Waals surface area contributed by atoms with Gasteiger partial charge in [0, 0.05) is 13.1 Å². The molecule has 1 saturated heterocycles. The molecule has 126 valence electrons. The second-order valence-corrected chi connectivity index (χ2v) is 7.47. The molecule has 0 unspecified atom stereocenters. The van der Waals surface area contributed by atoms with E-state index in [9.17, 15) is 12.8 Å². The Balaban J connectivity index is 0.00000242. The number of benzene rings is 1. The first-order valence-electron chi connectivity index (χ1n) is 7.42. The third-order valence-corrected chi connectivity index (χ3v) is 6.07. The summed E-state index contributed by atoms with van der Waals surface area (Å²) in [5, 5.41) is 3.30. The van der Waals surface area contributed by atoms with Gasteiger partial charge in [-0.05, 0) is 56.5 Å². The van der Waals surface area contributed by atoms with Crippen LogP contribution in [0.15, 0.2) is 23.1 Å². The summed E-state index contributed by atoms with van der Waals surface area (Å²) in [5.41, 5.74) is 0.589. The van der Waals surface area contributed by atoms with Crippen molar-refractivity contribution in [3.8, 4) is 0 Å². The number of nitrogens with one attached hydrogen (secondary N) is 1. The zero-order chi connectivity index (χ0) is 15.5. The van der Waals surface area contributed by atoms with Crippen LogP contribution in [0.2, 0.25) is 0 Å². The molecule has 7 heteroatoms. The van der Waals surface area contributed by atoms with E-state index in [2.05, 4.69) is 12.2 Å². The van der Waals surface area contributed by atoms with E-state index in [0.717, 1.165) is 32.0 Å². The third kappa shape index (κ3) is 4.41. The first kappa shape index (κ1) is 19.4. The molecular weight excluding hydrogens is 327 g/mol. The van der Waals surface area contributed by atoms with Crippen molar-refractivity contribution < 1.29 is 12.8 Å². The molecule has 1 heterocycles. The normalized spacial score (nSPS) is 17.2.